The van der Waals surface area contributed by atoms with E-state index in [-0.39, 0.29) is 19.0 Å². The van der Waals surface area contributed by atoms with Crippen LogP contribution in [0.4, 0.5) is 0 Å². The quantitative estimate of drug-likeness (QED) is 0.886. The van der Waals surface area contributed by atoms with Gasteiger partial charge in [0.25, 0.3) is 5.89 Å². The number of rotatable bonds is 3. The lowest BCUT2D eigenvalue weighted by atomic mass is 9.93. The molecule has 2 aromatic rings. The first kappa shape index (κ1) is 15.2. The van der Waals surface area contributed by atoms with Crippen LogP contribution in [0, 0.1) is 0 Å². The van der Waals surface area contributed by atoms with Gasteiger partial charge in [0, 0.05) is 0 Å². The topological polar surface area (TPSA) is 80.3 Å². The van der Waals surface area contributed by atoms with Gasteiger partial charge >= 0.3 is 5.76 Å². The second-order valence-electron chi connectivity index (χ2n) is 4.78. The first-order valence-corrected chi connectivity index (χ1v) is 7.09. The van der Waals surface area contributed by atoms with Gasteiger partial charge in [0.1, 0.15) is 0 Å². The minimum atomic E-state index is -0.876. The molecule has 0 aromatic carbocycles. The summed E-state index contributed by atoms with van der Waals surface area (Å²) in [5.41, 5.74) is -0.876. The molecule has 2 aromatic heterocycles. The van der Waals surface area contributed by atoms with Crippen molar-refractivity contribution in [1.82, 2.24) is 15.1 Å². The Morgan fingerprint density at radius 2 is 2.25 bits per heavy atom. The Labute approximate surface area is 125 Å². The molecular weight excluding hydrogens is 302 g/mol. The highest BCUT2D eigenvalue weighted by Gasteiger charge is 2.31. The van der Waals surface area contributed by atoms with Crippen LogP contribution in [-0.4, -0.2) is 33.6 Å². The lowest BCUT2D eigenvalue weighted by Gasteiger charge is -2.31. The molecule has 0 atom stereocenters. The van der Waals surface area contributed by atoms with Gasteiger partial charge in [0.2, 0.25) is 0 Å². The summed E-state index contributed by atoms with van der Waals surface area (Å²) in [6.07, 6.45) is 1.22. The Morgan fingerprint density at radius 1 is 1.50 bits per heavy atom. The number of thiophene rings is 1. The number of hydrogen-bond acceptors (Lipinski definition) is 6. The minimum Gasteiger partial charge on any atom is -0.388 e. The van der Waals surface area contributed by atoms with Gasteiger partial charge in [-0.05, 0) is 37.4 Å². The summed E-state index contributed by atoms with van der Waals surface area (Å²) in [7, 11) is 0. The fourth-order valence-corrected chi connectivity index (χ4v) is 2.88. The van der Waals surface area contributed by atoms with Gasteiger partial charge in [-0.15, -0.1) is 28.8 Å². The van der Waals surface area contributed by atoms with Gasteiger partial charge in [-0.25, -0.2) is 4.79 Å². The Bertz CT molecular complexity index is 602. The van der Waals surface area contributed by atoms with Crippen molar-refractivity contribution in [3.8, 4) is 10.8 Å². The first-order valence-electron chi connectivity index (χ1n) is 6.21. The van der Waals surface area contributed by atoms with Crippen molar-refractivity contribution in [3.05, 3.63) is 28.1 Å². The van der Waals surface area contributed by atoms with Crippen LogP contribution in [0.3, 0.4) is 0 Å². The number of aromatic nitrogens is 2. The SMILES string of the molecule is Cl.O=c1oc(-c2cccs2)nn1CC1(O)CCNCC1. The molecule has 1 saturated heterocycles. The van der Waals surface area contributed by atoms with E-state index in [0.29, 0.717) is 18.7 Å². The normalized spacial score (nSPS) is 17.6. The predicted octanol–water partition coefficient (Wildman–Crippen LogP) is 1.10. The summed E-state index contributed by atoms with van der Waals surface area (Å²) in [5.74, 6) is -0.201. The van der Waals surface area contributed by atoms with Gasteiger partial charge < -0.3 is 14.8 Å². The second kappa shape index (κ2) is 6.09. The van der Waals surface area contributed by atoms with Crippen molar-refractivity contribution in [2.45, 2.75) is 25.0 Å². The Balaban J connectivity index is 0.00000147. The van der Waals surface area contributed by atoms with Gasteiger partial charge in [0.05, 0.1) is 17.0 Å². The third-order valence-electron chi connectivity index (χ3n) is 3.32. The highest BCUT2D eigenvalue weighted by Crippen LogP contribution is 2.23. The number of aliphatic hydroxyl groups is 1. The van der Waals surface area contributed by atoms with Gasteiger partial charge in [-0.2, -0.15) is 4.68 Å². The third-order valence-corrected chi connectivity index (χ3v) is 4.17. The lowest BCUT2D eigenvalue weighted by Crippen LogP contribution is -2.46. The summed E-state index contributed by atoms with van der Waals surface area (Å²) in [6.45, 7) is 1.68. The zero-order chi connectivity index (χ0) is 13.3. The molecule has 20 heavy (non-hydrogen) atoms. The molecule has 0 bridgehead atoms. The molecule has 3 rings (SSSR count). The van der Waals surface area contributed by atoms with Crippen LogP contribution in [0.15, 0.2) is 26.7 Å². The highest BCUT2D eigenvalue weighted by molar-refractivity contribution is 7.13. The molecule has 0 radical (unpaired) electrons. The van der Waals surface area contributed by atoms with E-state index < -0.39 is 11.4 Å². The van der Waals surface area contributed by atoms with E-state index >= 15 is 0 Å². The average molecular weight is 318 g/mol. The summed E-state index contributed by atoms with van der Waals surface area (Å²) in [4.78, 5) is 12.6. The third kappa shape index (κ3) is 3.12. The zero-order valence-electron chi connectivity index (χ0n) is 10.7. The van der Waals surface area contributed by atoms with E-state index in [1.807, 2.05) is 17.5 Å². The number of nitrogens with zero attached hydrogens (tertiary/aromatic N) is 2. The molecule has 1 aliphatic heterocycles. The predicted molar refractivity (Wildman–Crippen MR) is 78.4 cm³/mol. The van der Waals surface area contributed by atoms with Gasteiger partial charge in [-0.1, -0.05) is 6.07 Å². The van der Waals surface area contributed by atoms with Crippen LogP contribution in [0.1, 0.15) is 12.8 Å². The van der Waals surface area contributed by atoms with Crippen molar-refractivity contribution >= 4 is 23.7 Å². The minimum absolute atomic E-state index is 0. The standard InChI is InChI=1S/C12H15N3O3S.ClH/c16-11-15(8-12(17)3-5-13-6-4-12)14-10(18-11)9-2-1-7-19-9;/h1-2,7,13,17H,3-6,8H2;1H. The van der Waals surface area contributed by atoms with Crippen LogP contribution in [0.2, 0.25) is 0 Å². The Hall–Kier alpha value is -1.15. The maximum atomic E-state index is 11.8. The first-order chi connectivity index (χ1) is 9.16. The average Bonchev–Trinajstić information content (AvgIpc) is 3.00. The molecule has 0 saturated carbocycles. The maximum Gasteiger partial charge on any atom is 0.437 e. The largest absolute Gasteiger partial charge is 0.437 e. The highest BCUT2D eigenvalue weighted by atomic mass is 35.5. The molecule has 1 fully saturated rings. The summed E-state index contributed by atoms with van der Waals surface area (Å²) in [5, 5.41) is 19.6. The molecular formula is C12H16ClN3O3S. The smallest absolute Gasteiger partial charge is 0.388 e. The fourth-order valence-electron chi connectivity index (χ4n) is 2.24. The van der Waals surface area contributed by atoms with Crippen LogP contribution >= 0.6 is 23.7 Å². The molecule has 110 valence electrons. The molecule has 6 nitrogen and oxygen atoms in total. The summed E-state index contributed by atoms with van der Waals surface area (Å²) >= 11 is 1.46. The van der Waals surface area contributed by atoms with Crippen molar-refractivity contribution < 1.29 is 9.52 Å². The zero-order valence-corrected chi connectivity index (χ0v) is 12.4. The lowest BCUT2D eigenvalue weighted by molar-refractivity contribution is -0.00971. The second-order valence-corrected chi connectivity index (χ2v) is 5.73. The van der Waals surface area contributed by atoms with Crippen LogP contribution in [0.25, 0.3) is 10.8 Å². The van der Waals surface area contributed by atoms with E-state index in [4.69, 9.17) is 4.42 Å². The van der Waals surface area contributed by atoms with Crippen LogP contribution < -0.4 is 11.1 Å². The van der Waals surface area contributed by atoms with Crippen LogP contribution in [-0.2, 0) is 6.54 Å². The molecule has 0 amide bonds. The molecule has 1 aliphatic rings. The summed E-state index contributed by atoms with van der Waals surface area (Å²) in [6, 6.07) is 3.72. The van der Waals surface area contributed by atoms with Gasteiger partial charge in [-0.3, -0.25) is 0 Å². The van der Waals surface area contributed by atoms with E-state index in [1.54, 1.807) is 0 Å². The van der Waals surface area contributed by atoms with Crippen molar-refractivity contribution in [2.24, 2.45) is 0 Å². The molecule has 2 N–H and O–H groups in total. The number of halogens is 1. The van der Waals surface area contributed by atoms with Gasteiger partial charge in [0.15, 0.2) is 0 Å². The summed E-state index contributed by atoms with van der Waals surface area (Å²) < 4.78 is 6.35. The Kier molecular flexibility index (Phi) is 4.64. The van der Waals surface area contributed by atoms with E-state index in [1.165, 1.54) is 16.0 Å². The molecule has 8 heteroatoms. The molecule has 0 spiro atoms. The van der Waals surface area contributed by atoms with Crippen LogP contribution in [0.5, 0.6) is 0 Å². The maximum absolute atomic E-state index is 11.8. The molecule has 3 heterocycles. The van der Waals surface area contributed by atoms with Crippen molar-refractivity contribution in [1.29, 1.82) is 0 Å². The van der Waals surface area contributed by atoms with Crippen molar-refractivity contribution in [2.75, 3.05) is 13.1 Å². The fraction of sp³-hybridized carbons (Fsp3) is 0.500. The molecule has 0 unspecified atom stereocenters. The number of piperidine rings is 1. The van der Waals surface area contributed by atoms with E-state index in [2.05, 4.69) is 10.4 Å². The monoisotopic (exact) mass is 317 g/mol. The molecule has 0 aliphatic carbocycles. The number of hydrogen-bond donors (Lipinski definition) is 2. The van der Waals surface area contributed by atoms with E-state index in [0.717, 1.165) is 18.0 Å². The van der Waals surface area contributed by atoms with E-state index in [9.17, 15) is 9.90 Å². The number of nitrogens with one attached hydrogen (secondary N) is 1. The van der Waals surface area contributed by atoms with Crippen molar-refractivity contribution in [3.63, 3.8) is 0 Å². The Morgan fingerprint density at radius 3 is 2.90 bits per heavy atom.